The molecule has 1 unspecified atom stereocenters. The molecule has 1 aliphatic heterocycles. The summed E-state index contributed by atoms with van der Waals surface area (Å²) < 4.78 is 5.36. The van der Waals surface area contributed by atoms with Crippen LogP contribution in [-0.4, -0.2) is 45.5 Å². The number of hydrogen-bond donors (Lipinski definition) is 1. The molecule has 3 aromatic rings. The van der Waals surface area contributed by atoms with Crippen LogP contribution in [0.2, 0.25) is 0 Å². The highest BCUT2D eigenvalue weighted by molar-refractivity contribution is 5.99. The second-order valence-electron chi connectivity index (χ2n) is 5.65. The average Bonchev–Trinajstić information content (AvgIpc) is 3.31. The lowest BCUT2D eigenvalue weighted by atomic mass is 10.1. The average molecular weight is 337 g/mol. The van der Waals surface area contributed by atoms with Gasteiger partial charge in [-0.25, -0.2) is 5.06 Å². The van der Waals surface area contributed by atoms with E-state index < -0.39 is 6.10 Å². The molecule has 1 atom stereocenters. The molecule has 0 aliphatic carbocycles. The Morgan fingerprint density at radius 2 is 1.88 bits per heavy atom. The predicted octanol–water partition coefficient (Wildman–Crippen LogP) is 2.15. The van der Waals surface area contributed by atoms with E-state index in [2.05, 4.69) is 10.1 Å². The van der Waals surface area contributed by atoms with Gasteiger partial charge in [0, 0.05) is 5.56 Å². The summed E-state index contributed by atoms with van der Waals surface area (Å²) in [7, 11) is 0. The Hall–Kier alpha value is -3.03. The molecule has 2 heterocycles. The number of carbonyl (C=O) groups excluding carboxylic acids is 1. The molecule has 1 fully saturated rings. The highest BCUT2D eigenvalue weighted by Crippen LogP contribution is 2.26. The highest BCUT2D eigenvalue weighted by Gasteiger charge is 2.29. The van der Waals surface area contributed by atoms with Crippen LogP contribution in [0.1, 0.15) is 10.4 Å². The maximum Gasteiger partial charge on any atom is 0.278 e. The summed E-state index contributed by atoms with van der Waals surface area (Å²) in [6.07, 6.45) is -0.677. The molecular weight excluding hydrogens is 322 g/mol. The fourth-order valence-corrected chi connectivity index (χ4v) is 2.64. The summed E-state index contributed by atoms with van der Waals surface area (Å²) in [5, 5.41) is 14.7. The monoisotopic (exact) mass is 337 g/mol. The Labute approximate surface area is 143 Å². The van der Waals surface area contributed by atoms with Crippen LogP contribution >= 0.6 is 0 Å². The molecule has 126 valence electrons. The Kier molecular flexibility index (Phi) is 4.01. The van der Waals surface area contributed by atoms with Gasteiger partial charge in [-0.2, -0.15) is 4.98 Å². The third-order valence-electron chi connectivity index (χ3n) is 3.87. The van der Waals surface area contributed by atoms with E-state index in [9.17, 15) is 9.90 Å². The van der Waals surface area contributed by atoms with E-state index in [1.54, 1.807) is 24.3 Å². The van der Waals surface area contributed by atoms with Gasteiger partial charge in [-0.15, -0.1) is 0 Å². The van der Waals surface area contributed by atoms with E-state index in [0.717, 1.165) is 10.6 Å². The number of β-amino-alcohol motifs (C(OH)–C–C–N with tert-alkyl or cyclic N) is 1. The molecule has 2 aromatic carbocycles. The SMILES string of the molecule is O=C(c1ccccc1-c1nc(-c2ccccc2)no1)N1CC(O)CO1. The van der Waals surface area contributed by atoms with Gasteiger partial charge in [0.25, 0.3) is 11.8 Å². The van der Waals surface area contributed by atoms with Gasteiger partial charge in [-0.1, -0.05) is 47.6 Å². The molecule has 7 nitrogen and oxygen atoms in total. The van der Waals surface area contributed by atoms with Gasteiger partial charge in [0.1, 0.15) is 12.7 Å². The molecule has 0 bridgehead atoms. The summed E-state index contributed by atoms with van der Waals surface area (Å²) in [5.41, 5.74) is 1.72. The van der Waals surface area contributed by atoms with Gasteiger partial charge < -0.3 is 9.63 Å². The number of rotatable bonds is 3. The van der Waals surface area contributed by atoms with Gasteiger partial charge in [-0.05, 0) is 12.1 Å². The first-order valence-electron chi connectivity index (χ1n) is 7.84. The summed E-state index contributed by atoms with van der Waals surface area (Å²) in [6.45, 7) is 0.235. The van der Waals surface area contributed by atoms with Gasteiger partial charge in [-0.3, -0.25) is 9.63 Å². The molecule has 25 heavy (non-hydrogen) atoms. The summed E-state index contributed by atoms with van der Waals surface area (Å²) >= 11 is 0. The van der Waals surface area contributed by atoms with Gasteiger partial charge in [0.15, 0.2) is 0 Å². The van der Waals surface area contributed by atoms with Gasteiger partial charge in [0.05, 0.1) is 17.7 Å². The maximum absolute atomic E-state index is 12.7. The fourth-order valence-electron chi connectivity index (χ4n) is 2.64. The lowest BCUT2D eigenvalue weighted by Crippen LogP contribution is -2.28. The Morgan fingerprint density at radius 3 is 2.64 bits per heavy atom. The third kappa shape index (κ3) is 3.02. The number of hydrogen-bond acceptors (Lipinski definition) is 6. The van der Waals surface area contributed by atoms with Crippen LogP contribution < -0.4 is 0 Å². The van der Waals surface area contributed by atoms with Crippen LogP contribution in [0.15, 0.2) is 59.1 Å². The number of nitrogens with zero attached hydrogens (tertiary/aromatic N) is 3. The number of benzene rings is 2. The predicted molar refractivity (Wildman–Crippen MR) is 88.2 cm³/mol. The Bertz CT molecular complexity index is 894. The van der Waals surface area contributed by atoms with Crippen molar-refractivity contribution in [1.82, 2.24) is 15.2 Å². The standard InChI is InChI=1S/C18H15N3O4/c22-13-10-21(24-11-13)18(23)15-9-5-4-8-14(15)17-19-16(20-25-17)12-6-2-1-3-7-12/h1-9,13,22H,10-11H2. The lowest BCUT2D eigenvalue weighted by molar-refractivity contribution is -0.0779. The van der Waals surface area contributed by atoms with E-state index in [4.69, 9.17) is 9.36 Å². The number of hydroxylamine groups is 2. The first kappa shape index (κ1) is 15.5. The normalized spacial score (nSPS) is 17.0. The lowest BCUT2D eigenvalue weighted by Gasteiger charge is -2.15. The van der Waals surface area contributed by atoms with Crippen LogP contribution in [0.25, 0.3) is 22.8 Å². The largest absolute Gasteiger partial charge is 0.389 e. The summed E-state index contributed by atoms with van der Waals surface area (Å²) in [4.78, 5) is 22.3. The zero-order chi connectivity index (χ0) is 17.2. The van der Waals surface area contributed by atoms with Crippen LogP contribution in [0.3, 0.4) is 0 Å². The number of carbonyl (C=O) groups is 1. The Balaban J connectivity index is 1.68. The van der Waals surface area contributed by atoms with Crippen LogP contribution in [0, 0.1) is 0 Å². The number of amides is 1. The first-order valence-corrected chi connectivity index (χ1v) is 7.84. The molecule has 1 amide bonds. The van der Waals surface area contributed by atoms with Gasteiger partial charge >= 0.3 is 0 Å². The van der Waals surface area contributed by atoms with E-state index in [0.29, 0.717) is 17.0 Å². The maximum atomic E-state index is 12.7. The molecule has 7 heteroatoms. The van der Waals surface area contributed by atoms with Crippen LogP contribution in [0.4, 0.5) is 0 Å². The van der Waals surface area contributed by atoms with Crippen molar-refractivity contribution in [2.75, 3.05) is 13.2 Å². The number of aromatic nitrogens is 2. The minimum Gasteiger partial charge on any atom is -0.389 e. The highest BCUT2D eigenvalue weighted by atomic mass is 16.7. The molecule has 0 spiro atoms. The molecule has 1 aliphatic rings. The zero-order valence-corrected chi connectivity index (χ0v) is 13.2. The Morgan fingerprint density at radius 1 is 1.12 bits per heavy atom. The van der Waals surface area contributed by atoms with Crippen LogP contribution in [-0.2, 0) is 4.84 Å². The van der Waals surface area contributed by atoms with Crippen molar-refractivity contribution in [3.05, 3.63) is 60.2 Å². The van der Waals surface area contributed by atoms with Gasteiger partial charge in [0.2, 0.25) is 5.82 Å². The molecular formula is C18H15N3O4. The second-order valence-corrected chi connectivity index (χ2v) is 5.65. The van der Waals surface area contributed by atoms with Crippen molar-refractivity contribution < 1.29 is 19.3 Å². The van der Waals surface area contributed by atoms with E-state index in [-0.39, 0.29) is 24.9 Å². The minimum atomic E-state index is -0.677. The van der Waals surface area contributed by atoms with Crippen molar-refractivity contribution in [3.8, 4) is 22.8 Å². The molecule has 0 saturated carbocycles. The van der Waals surface area contributed by atoms with E-state index in [1.807, 2.05) is 30.3 Å². The molecule has 0 radical (unpaired) electrons. The van der Waals surface area contributed by atoms with Crippen LogP contribution in [0.5, 0.6) is 0 Å². The van der Waals surface area contributed by atoms with Crippen molar-refractivity contribution in [1.29, 1.82) is 0 Å². The molecule has 1 N–H and O–H groups in total. The topological polar surface area (TPSA) is 88.7 Å². The summed E-state index contributed by atoms with van der Waals surface area (Å²) in [5.74, 6) is 0.347. The fraction of sp³-hybridized carbons (Fsp3) is 0.167. The second kappa shape index (κ2) is 6.46. The van der Waals surface area contributed by atoms with Crippen molar-refractivity contribution in [2.45, 2.75) is 6.10 Å². The number of aliphatic hydroxyl groups is 1. The van der Waals surface area contributed by atoms with Crippen molar-refractivity contribution in [3.63, 3.8) is 0 Å². The first-order chi connectivity index (χ1) is 12.2. The van der Waals surface area contributed by atoms with E-state index >= 15 is 0 Å². The summed E-state index contributed by atoms with van der Waals surface area (Å²) in [6, 6.07) is 16.4. The quantitative estimate of drug-likeness (QED) is 0.788. The smallest absolute Gasteiger partial charge is 0.278 e. The molecule has 4 rings (SSSR count). The minimum absolute atomic E-state index is 0.104. The van der Waals surface area contributed by atoms with Crippen molar-refractivity contribution in [2.24, 2.45) is 0 Å². The third-order valence-corrected chi connectivity index (χ3v) is 3.87. The zero-order valence-electron chi connectivity index (χ0n) is 13.2. The van der Waals surface area contributed by atoms with E-state index in [1.165, 1.54) is 0 Å². The molecule has 1 aromatic heterocycles. The van der Waals surface area contributed by atoms with Crippen molar-refractivity contribution >= 4 is 5.91 Å². The number of aliphatic hydroxyl groups excluding tert-OH is 1. The molecule has 1 saturated heterocycles.